The van der Waals surface area contributed by atoms with E-state index in [1.165, 1.54) is 55.3 Å². The van der Waals surface area contributed by atoms with Crippen molar-refractivity contribution in [3.8, 4) is 0 Å². The highest BCUT2D eigenvalue weighted by Crippen LogP contribution is 2.44. The van der Waals surface area contributed by atoms with Gasteiger partial charge in [-0.1, -0.05) is 193 Å². The lowest BCUT2D eigenvalue weighted by Crippen LogP contribution is -2.13. The molecule has 0 aliphatic heterocycles. The average Bonchev–Trinajstić information content (AvgIpc) is 3.52. The molecule has 0 heterocycles. The summed E-state index contributed by atoms with van der Waals surface area (Å²) in [5.41, 5.74) is 18.1. The lowest BCUT2D eigenvalue weighted by Gasteiger charge is -2.23. The van der Waals surface area contributed by atoms with Crippen LogP contribution >= 0.6 is 0 Å². The lowest BCUT2D eigenvalue weighted by molar-refractivity contribution is 0.969. The summed E-state index contributed by atoms with van der Waals surface area (Å²) in [5, 5.41) is 2.40. The zero-order chi connectivity index (χ0) is 38.2. The fourth-order valence-electron chi connectivity index (χ4n) is 8.86. The molecular weight excluding hydrogens is 677 g/mol. The fourth-order valence-corrected chi connectivity index (χ4v) is 8.86. The number of rotatable bonds is 8. The Morgan fingerprint density at radius 2 is 0.696 bits per heavy atom. The molecule has 0 unspecified atom stereocenters. The molecular formula is C54H44N2. The second-order valence-electron chi connectivity index (χ2n) is 15.2. The van der Waals surface area contributed by atoms with Crippen LogP contribution in [-0.2, 0) is 0 Å². The Labute approximate surface area is 330 Å². The third kappa shape index (κ3) is 6.48. The van der Waals surface area contributed by atoms with Crippen LogP contribution in [0.2, 0.25) is 0 Å². The molecule has 0 N–H and O–H groups in total. The maximum Gasteiger partial charge on any atom is 0.0979 e. The molecule has 270 valence electrons. The molecule has 0 spiro atoms. The van der Waals surface area contributed by atoms with Gasteiger partial charge in [0.25, 0.3) is 0 Å². The summed E-state index contributed by atoms with van der Waals surface area (Å²) in [7, 11) is 0. The Kier molecular flexibility index (Phi) is 9.33. The average molecular weight is 721 g/mol. The zero-order valence-corrected chi connectivity index (χ0v) is 32.4. The van der Waals surface area contributed by atoms with E-state index in [0.29, 0.717) is 0 Å². The molecule has 0 fully saturated rings. The van der Waals surface area contributed by atoms with Gasteiger partial charge < -0.3 is 0 Å². The third-order valence-corrected chi connectivity index (χ3v) is 11.2. The van der Waals surface area contributed by atoms with E-state index in [1.54, 1.807) is 0 Å². The first-order chi connectivity index (χ1) is 27.4. The topological polar surface area (TPSA) is 24.7 Å². The summed E-state index contributed by atoms with van der Waals surface area (Å²) in [6.07, 6.45) is 0. The summed E-state index contributed by atoms with van der Waals surface area (Å²) in [5.74, 6) is -0.00230. The van der Waals surface area contributed by atoms with E-state index in [1.807, 2.05) is 0 Å². The van der Waals surface area contributed by atoms with Crippen molar-refractivity contribution in [1.82, 2.24) is 0 Å². The Morgan fingerprint density at radius 3 is 1.04 bits per heavy atom. The van der Waals surface area contributed by atoms with E-state index in [2.05, 4.69) is 210 Å². The number of nitrogens with zero attached hydrogens (tertiary/aromatic N) is 2. The third-order valence-electron chi connectivity index (χ3n) is 11.2. The molecule has 2 nitrogen and oxygen atoms in total. The van der Waals surface area contributed by atoms with Crippen LogP contribution in [0.4, 0.5) is 11.4 Å². The second-order valence-corrected chi connectivity index (χ2v) is 15.2. The molecule has 1 aliphatic rings. The Balaban J connectivity index is 1.32. The predicted molar refractivity (Wildman–Crippen MR) is 236 cm³/mol. The monoisotopic (exact) mass is 720 g/mol. The molecule has 0 aromatic heterocycles. The highest BCUT2D eigenvalue weighted by molar-refractivity contribution is 6.61. The van der Waals surface area contributed by atoms with Gasteiger partial charge in [0.05, 0.1) is 22.8 Å². The van der Waals surface area contributed by atoms with Crippen molar-refractivity contribution in [3.05, 3.63) is 249 Å². The van der Waals surface area contributed by atoms with E-state index in [9.17, 15) is 0 Å². The van der Waals surface area contributed by atoms with Crippen molar-refractivity contribution >= 4 is 33.6 Å². The van der Waals surface area contributed by atoms with Crippen LogP contribution in [0.3, 0.4) is 0 Å². The highest BCUT2D eigenvalue weighted by Gasteiger charge is 2.30. The molecule has 0 bridgehead atoms. The van der Waals surface area contributed by atoms with Crippen molar-refractivity contribution in [2.45, 2.75) is 39.5 Å². The number of hydrogen-bond donors (Lipinski definition) is 0. The number of aliphatic imine (C=N–C) groups is 2. The van der Waals surface area contributed by atoms with Gasteiger partial charge in [0.1, 0.15) is 0 Å². The largest absolute Gasteiger partial charge is 0.245 e. The van der Waals surface area contributed by atoms with Crippen molar-refractivity contribution in [1.29, 1.82) is 0 Å². The van der Waals surface area contributed by atoms with E-state index >= 15 is 0 Å². The Bertz CT molecular complexity index is 2490. The maximum absolute atomic E-state index is 5.81. The molecule has 9 rings (SSSR count). The molecule has 8 aromatic rings. The van der Waals surface area contributed by atoms with E-state index in [0.717, 1.165) is 45.1 Å². The van der Waals surface area contributed by atoms with Gasteiger partial charge in [-0.15, -0.1) is 0 Å². The minimum Gasteiger partial charge on any atom is -0.245 e. The molecule has 0 saturated carbocycles. The molecule has 8 aromatic carbocycles. The summed E-state index contributed by atoms with van der Waals surface area (Å²) in [6, 6.07) is 65.7. The predicted octanol–water partition coefficient (Wildman–Crippen LogP) is 13.7. The SMILES string of the molecule is Cc1cc(C)c(N=C2C(=Nc3c(C)cc(C)cc3C(c3ccccc3)c3ccccc3)c3cccc4cccc2c34)c(C(c2ccccc2)c2ccccc2)c1. The summed E-state index contributed by atoms with van der Waals surface area (Å²) >= 11 is 0. The second kappa shape index (κ2) is 14.9. The number of aryl methyl sites for hydroxylation is 4. The molecule has 0 amide bonds. The lowest BCUT2D eigenvalue weighted by atomic mass is 9.82. The molecule has 2 heteroatoms. The van der Waals surface area contributed by atoms with Crippen LogP contribution in [0.25, 0.3) is 10.8 Å². The Hall–Kier alpha value is -6.64. The summed E-state index contributed by atoms with van der Waals surface area (Å²) < 4.78 is 0. The van der Waals surface area contributed by atoms with Crippen LogP contribution in [-0.4, -0.2) is 11.4 Å². The van der Waals surface area contributed by atoms with Gasteiger partial charge in [0.15, 0.2) is 0 Å². The van der Waals surface area contributed by atoms with Gasteiger partial charge in [0, 0.05) is 28.3 Å². The van der Waals surface area contributed by atoms with E-state index < -0.39 is 0 Å². The first-order valence-corrected chi connectivity index (χ1v) is 19.6. The standard InChI is InChI=1S/C54H44N2/c1-35-31-37(3)51(46(33-35)48(39-19-9-5-10-20-39)40-21-11-6-12-22-40)55-53-44-29-17-27-43-28-18-30-45(50(43)44)54(53)56-52-38(4)32-36(2)34-47(52)49(41-23-13-7-14-24-41)42-25-15-8-16-26-42/h5-34,48-49H,1-4H3. The van der Waals surface area contributed by atoms with Gasteiger partial charge in [-0.3, -0.25) is 0 Å². The number of hydrogen-bond acceptors (Lipinski definition) is 2. The number of benzene rings is 8. The van der Waals surface area contributed by atoms with Crippen molar-refractivity contribution in [2.75, 3.05) is 0 Å². The zero-order valence-electron chi connectivity index (χ0n) is 32.4. The van der Waals surface area contributed by atoms with Crippen LogP contribution in [0.15, 0.2) is 192 Å². The summed E-state index contributed by atoms with van der Waals surface area (Å²) in [4.78, 5) is 11.6. The summed E-state index contributed by atoms with van der Waals surface area (Å²) in [6.45, 7) is 8.79. The fraction of sp³-hybridized carbons (Fsp3) is 0.111. The van der Waals surface area contributed by atoms with Gasteiger partial charge in [0.2, 0.25) is 0 Å². The van der Waals surface area contributed by atoms with Crippen molar-refractivity contribution < 1.29 is 0 Å². The molecule has 1 aliphatic carbocycles. The minimum atomic E-state index is -0.00115. The van der Waals surface area contributed by atoms with Gasteiger partial charge in [-0.25, -0.2) is 9.98 Å². The first-order valence-electron chi connectivity index (χ1n) is 19.6. The minimum absolute atomic E-state index is 0.00115. The molecule has 0 saturated heterocycles. The van der Waals surface area contributed by atoms with Crippen LogP contribution in [0.5, 0.6) is 0 Å². The first kappa shape index (κ1) is 35.1. The van der Waals surface area contributed by atoms with Crippen LogP contribution in [0, 0.1) is 27.7 Å². The molecule has 56 heavy (non-hydrogen) atoms. The molecule has 0 radical (unpaired) electrons. The normalized spacial score (nSPS) is 13.8. The van der Waals surface area contributed by atoms with E-state index in [-0.39, 0.29) is 11.8 Å². The van der Waals surface area contributed by atoms with Gasteiger partial charge in [-0.2, -0.15) is 0 Å². The van der Waals surface area contributed by atoms with Gasteiger partial charge >= 0.3 is 0 Å². The smallest absolute Gasteiger partial charge is 0.0979 e. The quantitative estimate of drug-likeness (QED) is 0.140. The van der Waals surface area contributed by atoms with Crippen LogP contribution in [0.1, 0.15) is 78.6 Å². The van der Waals surface area contributed by atoms with Gasteiger partial charge in [-0.05, 0) is 77.6 Å². The highest BCUT2D eigenvalue weighted by atomic mass is 14.8. The van der Waals surface area contributed by atoms with Crippen LogP contribution < -0.4 is 0 Å². The van der Waals surface area contributed by atoms with Crippen molar-refractivity contribution in [2.24, 2.45) is 9.98 Å². The maximum atomic E-state index is 5.81. The van der Waals surface area contributed by atoms with E-state index in [4.69, 9.17) is 9.98 Å². The molecule has 0 atom stereocenters. The Morgan fingerprint density at radius 1 is 0.357 bits per heavy atom. The van der Waals surface area contributed by atoms with Crippen molar-refractivity contribution in [3.63, 3.8) is 0 Å².